The third-order valence-corrected chi connectivity index (χ3v) is 8.37. The molecule has 3 saturated carbocycles. The maximum atomic E-state index is 15.7. The third-order valence-electron chi connectivity index (χ3n) is 7.49. The van der Waals surface area contributed by atoms with Crippen molar-refractivity contribution in [2.24, 2.45) is 17.8 Å². The summed E-state index contributed by atoms with van der Waals surface area (Å²) in [6.07, 6.45) is 6.30. The van der Waals surface area contributed by atoms with E-state index in [2.05, 4.69) is 27.2 Å². The van der Waals surface area contributed by atoms with E-state index in [1.807, 2.05) is 17.5 Å². The first-order valence-corrected chi connectivity index (χ1v) is 12.2. The van der Waals surface area contributed by atoms with E-state index in [1.54, 1.807) is 6.20 Å². The van der Waals surface area contributed by atoms with E-state index in [1.165, 1.54) is 30.2 Å². The minimum absolute atomic E-state index is 0.142. The van der Waals surface area contributed by atoms with E-state index in [0.29, 0.717) is 33.6 Å². The van der Waals surface area contributed by atoms with Crippen LogP contribution >= 0.6 is 11.3 Å². The number of H-pyrrole nitrogens is 1. The van der Waals surface area contributed by atoms with E-state index >= 15 is 4.39 Å². The molecule has 0 aliphatic heterocycles. The van der Waals surface area contributed by atoms with Gasteiger partial charge in [0.15, 0.2) is 17.5 Å². The van der Waals surface area contributed by atoms with Gasteiger partial charge in [0.1, 0.15) is 17.3 Å². The van der Waals surface area contributed by atoms with E-state index in [9.17, 15) is 8.78 Å². The topological polar surface area (TPSA) is 53.6 Å². The zero-order chi connectivity index (χ0) is 22.7. The number of thiophene rings is 1. The van der Waals surface area contributed by atoms with Crippen molar-refractivity contribution < 1.29 is 13.2 Å². The SMILES string of the molecule is CC1C2CCC(CC2)C1Nc1nc(-c2c[nH]c3c(F)cc(F)cc23)nc(-c2cccs2)c1F. The van der Waals surface area contributed by atoms with Crippen molar-refractivity contribution in [3.63, 3.8) is 0 Å². The number of nitrogens with one attached hydrogen (secondary N) is 2. The summed E-state index contributed by atoms with van der Waals surface area (Å²) in [5.41, 5.74) is 0.796. The van der Waals surface area contributed by atoms with Crippen LogP contribution in [0.3, 0.4) is 0 Å². The second-order valence-electron chi connectivity index (χ2n) is 9.25. The lowest BCUT2D eigenvalue weighted by atomic mass is 9.62. The first-order valence-electron chi connectivity index (χ1n) is 11.3. The molecule has 4 nitrogen and oxygen atoms in total. The van der Waals surface area contributed by atoms with E-state index < -0.39 is 17.5 Å². The fourth-order valence-electron chi connectivity index (χ4n) is 5.74. The molecule has 3 aliphatic carbocycles. The number of anilines is 1. The highest BCUT2D eigenvalue weighted by molar-refractivity contribution is 7.13. The number of hydrogen-bond donors (Lipinski definition) is 2. The fraction of sp³-hybridized carbons (Fsp3) is 0.360. The van der Waals surface area contributed by atoms with E-state index in [-0.39, 0.29) is 28.9 Å². The maximum Gasteiger partial charge on any atom is 0.192 e. The average Bonchev–Trinajstić information content (AvgIpc) is 3.48. The van der Waals surface area contributed by atoms with Crippen molar-refractivity contribution >= 4 is 28.1 Å². The molecule has 2 bridgehead atoms. The van der Waals surface area contributed by atoms with Gasteiger partial charge in [-0.15, -0.1) is 11.3 Å². The molecule has 0 radical (unpaired) electrons. The third kappa shape index (κ3) is 3.42. The van der Waals surface area contributed by atoms with Crippen LogP contribution in [0.5, 0.6) is 0 Å². The molecule has 4 aromatic rings. The van der Waals surface area contributed by atoms with Gasteiger partial charge >= 0.3 is 0 Å². The molecule has 170 valence electrons. The number of benzene rings is 1. The summed E-state index contributed by atoms with van der Waals surface area (Å²) in [6, 6.07) is 5.87. The van der Waals surface area contributed by atoms with Gasteiger partial charge < -0.3 is 10.3 Å². The van der Waals surface area contributed by atoms with Gasteiger partial charge in [0.2, 0.25) is 0 Å². The Balaban J connectivity index is 1.49. The second-order valence-corrected chi connectivity index (χ2v) is 10.2. The molecule has 0 spiro atoms. The van der Waals surface area contributed by atoms with Gasteiger partial charge in [-0.3, -0.25) is 0 Å². The molecule has 2 N–H and O–H groups in total. The minimum Gasteiger partial charge on any atom is -0.364 e. The Hall–Kier alpha value is -2.87. The Labute approximate surface area is 193 Å². The average molecular weight is 469 g/mol. The number of nitrogens with zero attached hydrogens (tertiary/aromatic N) is 2. The van der Waals surface area contributed by atoms with Crippen LogP contribution < -0.4 is 5.32 Å². The Morgan fingerprint density at radius 2 is 1.85 bits per heavy atom. The van der Waals surface area contributed by atoms with Crippen LogP contribution in [0.4, 0.5) is 19.0 Å². The van der Waals surface area contributed by atoms with Gasteiger partial charge in [-0.1, -0.05) is 13.0 Å². The molecular formula is C25H23F3N4S. The van der Waals surface area contributed by atoms with E-state index in [4.69, 9.17) is 0 Å². The molecule has 3 aromatic heterocycles. The molecule has 3 aliphatic rings. The largest absolute Gasteiger partial charge is 0.364 e. The molecular weight excluding hydrogens is 445 g/mol. The Morgan fingerprint density at radius 1 is 1.06 bits per heavy atom. The predicted octanol–water partition coefficient (Wildman–Crippen LogP) is 7.01. The normalized spacial score (nSPS) is 24.5. The smallest absolute Gasteiger partial charge is 0.192 e. The fourth-order valence-corrected chi connectivity index (χ4v) is 6.45. The molecule has 0 amide bonds. The standard InChI is InChI=1S/C25H23F3N4S/c1-12-13-4-6-14(7-5-13)21(12)30-25-20(28)23(19-3-2-8-33-19)31-24(32-25)17-11-29-22-16(17)9-15(26)10-18(22)27/h2-3,8-14,21,29H,4-7H2,1H3,(H,30,31,32). The highest BCUT2D eigenvalue weighted by Crippen LogP contribution is 2.46. The molecule has 7 rings (SSSR count). The summed E-state index contributed by atoms with van der Waals surface area (Å²) >= 11 is 1.39. The Morgan fingerprint density at radius 3 is 2.58 bits per heavy atom. The molecule has 0 saturated heterocycles. The molecule has 3 fully saturated rings. The van der Waals surface area contributed by atoms with Gasteiger partial charge in [-0.05, 0) is 60.9 Å². The van der Waals surface area contributed by atoms with Gasteiger partial charge in [0.25, 0.3) is 0 Å². The first-order chi connectivity index (χ1) is 16.0. The van der Waals surface area contributed by atoms with Crippen LogP contribution in [-0.4, -0.2) is 21.0 Å². The van der Waals surface area contributed by atoms with Crippen LogP contribution in [-0.2, 0) is 0 Å². The lowest BCUT2D eigenvalue weighted by Gasteiger charge is -2.47. The maximum absolute atomic E-state index is 15.7. The summed E-state index contributed by atoms with van der Waals surface area (Å²) < 4.78 is 44.0. The number of aromatic amines is 1. The zero-order valence-corrected chi connectivity index (χ0v) is 18.9. The summed E-state index contributed by atoms with van der Waals surface area (Å²) in [7, 11) is 0. The van der Waals surface area contributed by atoms with Crippen molar-refractivity contribution in [2.45, 2.75) is 38.6 Å². The molecule has 1 aromatic carbocycles. The van der Waals surface area contributed by atoms with Crippen molar-refractivity contribution in [2.75, 3.05) is 5.32 Å². The predicted molar refractivity (Wildman–Crippen MR) is 125 cm³/mol. The van der Waals surface area contributed by atoms with Gasteiger partial charge in [-0.2, -0.15) is 0 Å². The van der Waals surface area contributed by atoms with Crippen LogP contribution in [0.15, 0.2) is 35.8 Å². The van der Waals surface area contributed by atoms with Crippen LogP contribution in [0.2, 0.25) is 0 Å². The van der Waals surface area contributed by atoms with Gasteiger partial charge in [0, 0.05) is 29.3 Å². The first kappa shape index (κ1) is 20.7. The van der Waals surface area contributed by atoms with E-state index in [0.717, 1.165) is 18.9 Å². The highest BCUT2D eigenvalue weighted by atomic mass is 32.1. The van der Waals surface area contributed by atoms with Crippen molar-refractivity contribution in [3.05, 3.63) is 53.3 Å². The summed E-state index contributed by atoms with van der Waals surface area (Å²) in [6.45, 7) is 2.24. The molecule has 2 atom stereocenters. The van der Waals surface area contributed by atoms with Gasteiger partial charge in [0.05, 0.1) is 10.4 Å². The summed E-state index contributed by atoms with van der Waals surface area (Å²) in [5.74, 6) is 0.0709. The second kappa shape index (κ2) is 7.87. The number of halogens is 3. The molecule has 2 unspecified atom stereocenters. The van der Waals surface area contributed by atoms with Crippen molar-refractivity contribution in [3.8, 4) is 22.0 Å². The van der Waals surface area contributed by atoms with Crippen molar-refractivity contribution in [1.29, 1.82) is 0 Å². The Bertz CT molecular complexity index is 1320. The van der Waals surface area contributed by atoms with Crippen LogP contribution in [0.1, 0.15) is 32.6 Å². The molecule has 8 heteroatoms. The minimum atomic E-state index is -0.692. The van der Waals surface area contributed by atoms with Crippen molar-refractivity contribution in [1.82, 2.24) is 15.0 Å². The number of rotatable bonds is 4. The lowest BCUT2D eigenvalue weighted by Crippen LogP contribution is -2.47. The molecule has 33 heavy (non-hydrogen) atoms. The number of aromatic nitrogens is 3. The quantitative estimate of drug-likeness (QED) is 0.339. The Kier molecular flexibility index (Phi) is 4.94. The number of hydrogen-bond acceptors (Lipinski definition) is 4. The highest BCUT2D eigenvalue weighted by Gasteiger charge is 2.41. The van der Waals surface area contributed by atoms with Crippen LogP contribution in [0, 0.1) is 35.2 Å². The number of fused-ring (bicyclic) bond motifs is 4. The molecule has 3 heterocycles. The summed E-state index contributed by atoms with van der Waals surface area (Å²) in [4.78, 5) is 12.6. The van der Waals surface area contributed by atoms with Gasteiger partial charge in [-0.25, -0.2) is 23.1 Å². The van der Waals surface area contributed by atoms with Crippen LogP contribution in [0.25, 0.3) is 32.9 Å². The monoisotopic (exact) mass is 468 g/mol. The summed E-state index contributed by atoms with van der Waals surface area (Å²) in [5, 5.41) is 5.62. The lowest BCUT2D eigenvalue weighted by molar-refractivity contribution is 0.0926. The zero-order valence-electron chi connectivity index (χ0n) is 18.0.